The Hall–Kier alpha value is -0.673. The topological polar surface area (TPSA) is 26.3 Å². The highest BCUT2D eigenvalue weighted by atomic mass is 28.4. The Morgan fingerprint density at radius 3 is 2.55 bits per heavy atom. The van der Waals surface area contributed by atoms with Crippen LogP contribution in [0.1, 0.15) is 47.0 Å². The number of allylic oxidation sites excluding steroid dienone is 2. The maximum atomic E-state index is 11.9. The fourth-order valence-corrected chi connectivity index (χ4v) is 3.65. The van der Waals surface area contributed by atoms with Crippen molar-refractivity contribution < 1.29 is 9.22 Å². The lowest BCUT2D eigenvalue weighted by Gasteiger charge is -2.41. The summed E-state index contributed by atoms with van der Waals surface area (Å²) in [5, 5.41) is 0.183. The molecule has 0 saturated heterocycles. The second-order valence-electron chi connectivity index (χ2n) is 7.49. The zero-order chi connectivity index (χ0) is 15.6. The molecule has 0 N–H and O–H groups in total. The van der Waals surface area contributed by atoms with E-state index in [-0.39, 0.29) is 16.9 Å². The van der Waals surface area contributed by atoms with Crippen molar-refractivity contribution in [1.29, 1.82) is 0 Å². The van der Waals surface area contributed by atoms with Gasteiger partial charge in [-0.25, -0.2) is 0 Å². The van der Waals surface area contributed by atoms with Crippen molar-refractivity contribution in [2.75, 3.05) is 0 Å². The molecular formula is C17H30O2Si. The first kappa shape index (κ1) is 17.4. The van der Waals surface area contributed by atoms with Crippen molar-refractivity contribution in [1.82, 2.24) is 0 Å². The molecule has 0 aromatic heterocycles. The average molecular weight is 295 g/mol. The molecule has 3 heteroatoms. The molecule has 0 fully saturated rings. The van der Waals surface area contributed by atoms with Crippen LogP contribution in [0, 0.1) is 5.92 Å². The standard InChI is InChI=1S/C17H30O2Si/c1-8-9-14-12-15(18)11-10-13(2)16(14)19-20(6,7)17(3,4)5/h8,12-13,16H,1,9-11H2,2-7H3/t13-,16-/m0/s1. The summed E-state index contributed by atoms with van der Waals surface area (Å²) in [5.74, 6) is 0.622. The zero-order valence-electron chi connectivity index (χ0n) is 14.0. The number of ketones is 1. The van der Waals surface area contributed by atoms with E-state index in [2.05, 4.69) is 47.4 Å². The minimum Gasteiger partial charge on any atom is -0.410 e. The Balaban J connectivity index is 3.06. The van der Waals surface area contributed by atoms with E-state index in [1.54, 1.807) is 0 Å². The summed E-state index contributed by atoms with van der Waals surface area (Å²) in [6.45, 7) is 17.3. The van der Waals surface area contributed by atoms with Crippen LogP contribution in [-0.4, -0.2) is 20.2 Å². The minimum atomic E-state index is -1.84. The highest BCUT2D eigenvalue weighted by Gasteiger charge is 2.41. The molecule has 0 bridgehead atoms. The number of hydrogen-bond acceptors (Lipinski definition) is 2. The van der Waals surface area contributed by atoms with Gasteiger partial charge in [-0.2, -0.15) is 0 Å². The van der Waals surface area contributed by atoms with Gasteiger partial charge < -0.3 is 4.43 Å². The molecule has 1 aliphatic rings. The summed E-state index contributed by atoms with van der Waals surface area (Å²) in [4.78, 5) is 11.9. The third kappa shape index (κ3) is 4.16. The van der Waals surface area contributed by atoms with Crippen molar-refractivity contribution in [2.45, 2.75) is 71.2 Å². The smallest absolute Gasteiger partial charge is 0.192 e. The van der Waals surface area contributed by atoms with Crippen LogP contribution in [0.25, 0.3) is 0 Å². The van der Waals surface area contributed by atoms with Crippen LogP contribution in [0.4, 0.5) is 0 Å². The molecule has 0 aromatic carbocycles. The normalized spacial score (nSPS) is 25.1. The Kier molecular flexibility index (Phi) is 5.56. The molecule has 0 unspecified atom stereocenters. The van der Waals surface area contributed by atoms with E-state index in [1.807, 2.05) is 12.2 Å². The van der Waals surface area contributed by atoms with E-state index in [9.17, 15) is 4.79 Å². The van der Waals surface area contributed by atoms with Crippen LogP contribution >= 0.6 is 0 Å². The zero-order valence-corrected chi connectivity index (χ0v) is 15.0. The molecule has 0 spiro atoms. The predicted molar refractivity (Wildman–Crippen MR) is 88.4 cm³/mol. The van der Waals surface area contributed by atoms with Crippen LogP contribution < -0.4 is 0 Å². The number of rotatable bonds is 4. The van der Waals surface area contributed by atoms with Crippen molar-refractivity contribution in [3.05, 3.63) is 24.3 Å². The van der Waals surface area contributed by atoms with E-state index in [4.69, 9.17) is 4.43 Å². The van der Waals surface area contributed by atoms with Gasteiger partial charge in [0.15, 0.2) is 14.1 Å². The van der Waals surface area contributed by atoms with E-state index in [0.717, 1.165) is 18.4 Å². The number of hydrogen-bond donors (Lipinski definition) is 0. The summed E-state index contributed by atoms with van der Waals surface area (Å²) in [6.07, 6.45) is 6.05. The number of carbonyl (C=O) groups is 1. The molecule has 0 aromatic rings. The van der Waals surface area contributed by atoms with E-state index >= 15 is 0 Å². The van der Waals surface area contributed by atoms with Crippen LogP contribution in [0.2, 0.25) is 18.1 Å². The van der Waals surface area contributed by atoms with E-state index < -0.39 is 8.32 Å². The summed E-state index contributed by atoms with van der Waals surface area (Å²) < 4.78 is 6.62. The molecule has 20 heavy (non-hydrogen) atoms. The van der Waals surface area contributed by atoms with Gasteiger partial charge in [-0.05, 0) is 48.5 Å². The number of carbonyl (C=O) groups excluding carboxylic acids is 1. The summed E-state index contributed by atoms with van der Waals surface area (Å²) in [6, 6.07) is 0. The average Bonchev–Trinajstić information content (AvgIpc) is 2.42. The Labute approximate surface area is 125 Å². The van der Waals surface area contributed by atoms with Crippen molar-refractivity contribution in [2.24, 2.45) is 5.92 Å². The monoisotopic (exact) mass is 294 g/mol. The first-order valence-electron chi connectivity index (χ1n) is 7.60. The highest BCUT2D eigenvalue weighted by molar-refractivity contribution is 6.74. The van der Waals surface area contributed by atoms with Crippen LogP contribution in [0.15, 0.2) is 24.3 Å². The summed E-state index contributed by atoms with van der Waals surface area (Å²) in [5.41, 5.74) is 1.11. The second-order valence-corrected chi connectivity index (χ2v) is 12.2. The van der Waals surface area contributed by atoms with Gasteiger partial charge in [0.25, 0.3) is 0 Å². The SMILES string of the molecule is C=CCC1=CC(=O)CC[C@H](C)[C@@H]1O[Si](C)(C)C(C)(C)C. The van der Waals surface area contributed by atoms with Crippen molar-refractivity contribution in [3.63, 3.8) is 0 Å². The summed E-state index contributed by atoms with van der Waals surface area (Å²) >= 11 is 0. The molecule has 0 heterocycles. The van der Waals surface area contributed by atoms with Crippen LogP contribution in [-0.2, 0) is 9.22 Å². The molecule has 0 amide bonds. The van der Waals surface area contributed by atoms with Gasteiger partial charge in [0.2, 0.25) is 0 Å². The molecular weight excluding hydrogens is 264 g/mol. The van der Waals surface area contributed by atoms with Gasteiger partial charge >= 0.3 is 0 Å². The summed E-state index contributed by atoms with van der Waals surface area (Å²) in [7, 11) is -1.84. The van der Waals surface area contributed by atoms with Gasteiger partial charge in [0, 0.05) is 6.42 Å². The third-order valence-electron chi connectivity index (χ3n) is 4.68. The van der Waals surface area contributed by atoms with Gasteiger partial charge in [-0.15, -0.1) is 6.58 Å². The van der Waals surface area contributed by atoms with E-state index in [1.165, 1.54) is 0 Å². The Bertz CT molecular complexity index is 402. The largest absolute Gasteiger partial charge is 0.410 e. The Morgan fingerprint density at radius 1 is 1.45 bits per heavy atom. The predicted octanol–water partition coefficient (Wildman–Crippen LogP) is 4.88. The van der Waals surface area contributed by atoms with E-state index in [0.29, 0.717) is 12.3 Å². The molecule has 0 aliphatic heterocycles. The van der Waals surface area contributed by atoms with Crippen molar-refractivity contribution >= 4 is 14.1 Å². The maximum Gasteiger partial charge on any atom is 0.192 e. The Morgan fingerprint density at radius 2 is 2.05 bits per heavy atom. The molecule has 1 rings (SSSR count). The lowest BCUT2D eigenvalue weighted by atomic mass is 9.94. The fourth-order valence-electron chi connectivity index (χ4n) is 2.28. The van der Waals surface area contributed by atoms with Gasteiger partial charge in [0.05, 0.1) is 6.10 Å². The van der Waals surface area contributed by atoms with Crippen molar-refractivity contribution in [3.8, 4) is 0 Å². The molecule has 0 radical (unpaired) electrons. The molecule has 114 valence electrons. The molecule has 2 nitrogen and oxygen atoms in total. The molecule has 2 atom stereocenters. The third-order valence-corrected chi connectivity index (χ3v) is 9.14. The van der Waals surface area contributed by atoms with Gasteiger partial charge in [-0.1, -0.05) is 33.8 Å². The quantitative estimate of drug-likeness (QED) is 0.545. The van der Waals surface area contributed by atoms with Gasteiger partial charge in [0.1, 0.15) is 0 Å². The maximum absolute atomic E-state index is 11.9. The molecule has 0 saturated carbocycles. The second kappa shape index (κ2) is 6.40. The first-order valence-corrected chi connectivity index (χ1v) is 10.5. The lowest BCUT2D eigenvalue weighted by Crippen LogP contribution is -2.45. The lowest BCUT2D eigenvalue weighted by molar-refractivity contribution is -0.114. The van der Waals surface area contributed by atoms with Gasteiger partial charge in [-0.3, -0.25) is 4.79 Å². The van der Waals surface area contributed by atoms with Crippen LogP contribution in [0.5, 0.6) is 0 Å². The van der Waals surface area contributed by atoms with Crippen LogP contribution in [0.3, 0.4) is 0 Å². The molecule has 1 aliphatic carbocycles. The first-order chi connectivity index (χ1) is 9.08. The fraction of sp³-hybridized carbons (Fsp3) is 0.706. The minimum absolute atomic E-state index is 0.0698. The highest BCUT2D eigenvalue weighted by Crippen LogP contribution is 2.40.